The van der Waals surface area contributed by atoms with E-state index in [1.165, 1.54) is 12.8 Å². The van der Waals surface area contributed by atoms with E-state index in [2.05, 4.69) is 38.8 Å². The average Bonchev–Trinajstić information content (AvgIpc) is 3.35. The van der Waals surface area contributed by atoms with Gasteiger partial charge in [-0.15, -0.1) is 0 Å². The number of likely N-dealkylation sites (N-methyl/N-ethyl adjacent to an activating group) is 1. The van der Waals surface area contributed by atoms with Crippen LogP contribution in [0.25, 0.3) is 16.7 Å². The zero-order valence-electron chi connectivity index (χ0n) is 14.1. The molecule has 0 bridgehead atoms. The molecule has 24 heavy (non-hydrogen) atoms. The number of nitrogens with zero attached hydrogens (tertiary/aromatic N) is 4. The largest absolute Gasteiger partial charge is 0.370 e. The molecule has 0 amide bonds. The van der Waals surface area contributed by atoms with Gasteiger partial charge in [0.2, 0.25) is 0 Å². The number of para-hydroxylation sites is 2. The first kappa shape index (κ1) is 15.0. The number of hydrogen-bond acceptors (Lipinski definition) is 4. The number of aromatic nitrogens is 2. The number of anilines is 1. The molecule has 1 aromatic carbocycles. The van der Waals surface area contributed by atoms with Crippen molar-refractivity contribution >= 4 is 22.5 Å². The lowest BCUT2D eigenvalue weighted by atomic mass is 10.1. The molecular weight excluding hydrogens is 298 g/mol. The lowest BCUT2D eigenvalue weighted by Crippen LogP contribution is -2.27. The minimum atomic E-state index is 0.645. The van der Waals surface area contributed by atoms with Gasteiger partial charge in [0, 0.05) is 19.1 Å². The minimum absolute atomic E-state index is 0.645. The fourth-order valence-corrected chi connectivity index (χ4v) is 3.28. The topological polar surface area (TPSA) is 56.4 Å². The van der Waals surface area contributed by atoms with Gasteiger partial charge in [0.15, 0.2) is 5.65 Å². The molecule has 0 spiro atoms. The zero-order chi connectivity index (χ0) is 16.7. The Bertz CT molecular complexity index is 946. The lowest BCUT2D eigenvalue weighted by Gasteiger charge is -2.17. The van der Waals surface area contributed by atoms with Crippen LogP contribution >= 0.6 is 0 Å². The molecule has 122 valence electrons. The van der Waals surface area contributed by atoms with E-state index in [1.807, 2.05) is 31.2 Å². The molecule has 1 aliphatic carbocycles. The summed E-state index contributed by atoms with van der Waals surface area (Å²) in [5.41, 5.74) is 4.28. The van der Waals surface area contributed by atoms with Crippen molar-refractivity contribution < 1.29 is 0 Å². The zero-order valence-corrected chi connectivity index (χ0v) is 14.1. The van der Waals surface area contributed by atoms with Crippen LogP contribution < -0.4 is 5.32 Å². The van der Waals surface area contributed by atoms with Gasteiger partial charge in [-0.1, -0.05) is 12.1 Å². The Hall–Kier alpha value is -2.58. The molecule has 0 saturated heterocycles. The maximum absolute atomic E-state index is 9.52. The molecule has 4 rings (SSSR count). The number of pyridine rings is 1. The monoisotopic (exact) mass is 319 g/mol. The van der Waals surface area contributed by atoms with Gasteiger partial charge >= 0.3 is 0 Å². The minimum Gasteiger partial charge on any atom is -0.370 e. The number of rotatable bonds is 5. The van der Waals surface area contributed by atoms with Crippen molar-refractivity contribution in [2.45, 2.75) is 25.8 Å². The Morgan fingerprint density at radius 3 is 2.92 bits per heavy atom. The fraction of sp³-hybridized carbons (Fsp3) is 0.368. The van der Waals surface area contributed by atoms with Gasteiger partial charge in [0.25, 0.3) is 0 Å². The molecule has 2 heterocycles. The van der Waals surface area contributed by atoms with Crippen molar-refractivity contribution in [3.05, 3.63) is 41.5 Å². The van der Waals surface area contributed by atoms with Crippen LogP contribution in [0, 0.1) is 18.3 Å². The van der Waals surface area contributed by atoms with Crippen LogP contribution in [-0.2, 0) is 0 Å². The van der Waals surface area contributed by atoms with Crippen LogP contribution in [0.5, 0.6) is 0 Å². The van der Waals surface area contributed by atoms with Gasteiger partial charge in [0.05, 0.1) is 16.6 Å². The number of nitrogens with one attached hydrogen (secondary N) is 1. The highest BCUT2D eigenvalue weighted by Gasteiger charge is 2.25. The number of imidazole rings is 1. The Balaban J connectivity index is 1.75. The Kier molecular flexibility index (Phi) is 3.62. The quantitative estimate of drug-likeness (QED) is 0.785. The third kappa shape index (κ3) is 2.49. The van der Waals surface area contributed by atoms with Crippen LogP contribution in [-0.4, -0.2) is 40.5 Å². The second-order valence-corrected chi connectivity index (χ2v) is 6.60. The first-order valence-electron chi connectivity index (χ1n) is 8.44. The number of aryl methyl sites for hydroxylation is 1. The number of fused-ring (bicyclic) bond motifs is 3. The van der Waals surface area contributed by atoms with Crippen LogP contribution in [0.2, 0.25) is 0 Å². The van der Waals surface area contributed by atoms with Crippen LogP contribution in [0.4, 0.5) is 5.82 Å². The second kappa shape index (κ2) is 5.81. The molecule has 0 aliphatic heterocycles. The number of nitriles is 1. The summed E-state index contributed by atoms with van der Waals surface area (Å²) in [4.78, 5) is 7.09. The molecule has 0 atom stereocenters. The van der Waals surface area contributed by atoms with Crippen molar-refractivity contribution in [1.82, 2.24) is 14.3 Å². The van der Waals surface area contributed by atoms with Gasteiger partial charge in [-0.05, 0) is 50.6 Å². The van der Waals surface area contributed by atoms with Gasteiger partial charge in [-0.2, -0.15) is 5.26 Å². The molecule has 3 aromatic rings. The SMILES string of the molecule is Cc1cc(NCCN(C)C2CC2)n2c(nc3ccccc32)c1C#N. The summed E-state index contributed by atoms with van der Waals surface area (Å²) in [5.74, 6) is 0.999. The standard InChI is InChI=1S/C19H21N5/c1-13-11-18(21-9-10-23(2)14-7-8-14)24-17-6-4-3-5-16(17)22-19(24)15(13)12-20/h3-6,11,14,21H,7-10H2,1-2H3. The third-order valence-electron chi connectivity index (χ3n) is 4.83. The summed E-state index contributed by atoms with van der Waals surface area (Å²) < 4.78 is 2.07. The third-order valence-corrected chi connectivity index (χ3v) is 4.83. The van der Waals surface area contributed by atoms with Crippen LogP contribution in [0.3, 0.4) is 0 Å². The molecule has 5 heteroatoms. The number of hydrogen-bond donors (Lipinski definition) is 1. The van der Waals surface area contributed by atoms with Crippen LogP contribution in [0.15, 0.2) is 30.3 Å². The predicted octanol–water partition coefficient (Wildman–Crippen LogP) is 3.17. The molecule has 1 aliphatic rings. The summed E-state index contributed by atoms with van der Waals surface area (Å²) in [6.45, 7) is 3.86. The van der Waals surface area contributed by atoms with E-state index in [0.29, 0.717) is 5.56 Å². The molecule has 0 unspecified atom stereocenters. The van der Waals surface area contributed by atoms with Crippen LogP contribution in [0.1, 0.15) is 24.0 Å². The highest BCUT2D eigenvalue weighted by Crippen LogP contribution is 2.27. The smallest absolute Gasteiger partial charge is 0.157 e. The van der Waals surface area contributed by atoms with Gasteiger partial charge in [-0.25, -0.2) is 4.98 Å². The second-order valence-electron chi connectivity index (χ2n) is 6.60. The van der Waals surface area contributed by atoms with E-state index in [-0.39, 0.29) is 0 Å². The highest BCUT2D eigenvalue weighted by molar-refractivity contribution is 5.85. The maximum atomic E-state index is 9.52. The Morgan fingerprint density at radius 2 is 2.17 bits per heavy atom. The molecule has 0 radical (unpaired) electrons. The highest BCUT2D eigenvalue weighted by atomic mass is 15.2. The normalized spacial score (nSPS) is 14.4. The van der Waals surface area contributed by atoms with E-state index in [4.69, 9.17) is 0 Å². The summed E-state index contributed by atoms with van der Waals surface area (Å²) >= 11 is 0. The van der Waals surface area contributed by atoms with E-state index in [9.17, 15) is 5.26 Å². The van der Waals surface area contributed by atoms with Gasteiger partial charge in [-0.3, -0.25) is 4.40 Å². The Labute approximate surface area is 141 Å². The summed E-state index contributed by atoms with van der Waals surface area (Å²) in [5, 5.41) is 13.1. The lowest BCUT2D eigenvalue weighted by molar-refractivity contribution is 0.337. The molecule has 2 aromatic heterocycles. The van der Waals surface area contributed by atoms with Crippen molar-refractivity contribution in [1.29, 1.82) is 5.26 Å². The predicted molar refractivity (Wildman–Crippen MR) is 96.3 cm³/mol. The van der Waals surface area contributed by atoms with Crippen molar-refractivity contribution in [3.63, 3.8) is 0 Å². The Morgan fingerprint density at radius 1 is 1.38 bits per heavy atom. The van der Waals surface area contributed by atoms with Gasteiger partial charge in [0.1, 0.15) is 11.9 Å². The maximum Gasteiger partial charge on any atom is 0.157 e. The van der Waals surface area contributed by atoms with Crippen molar-refractivity contribution in [3.8, 4) is 6.07 Å². The first-order valence-corrected chi connectivity index (χ1v) is 8.44. The molecule has 1 N–H and O–H groups in total. The summed E-state index contributed by atoms with van der Waals surface area (Å²) in [6, 6.07) is 13.1. The number of benzene rings is 1. The first-order chi connectivity index (χ1) is 11.7. The van der Waals surface area contributed by atoms with E-state index >= 15 is 0 Å². The van der Waals surface area contributed by atoms with Gasteiger partial charge < -0.3 is 10.2 Å². The molecule has 5 nitrogen and oxygen atoms in total. The molecular formula is C19H21N5. The average molecular weight is 319 g/mol. The van der Waals surface area contributed by atoms with E-state index in [0.717, 1.165) is 47.2 Å². The molecule has 1 fully saturated rings. The molecule has 1 saturated carbocycles. The van der Waals surface area contributed by atoms with Crippen molar-refractivity contribution in [2.24, 2.45) is 0 Å². The van der Waals surface area contributed by atoms with E-state index < -0.39 is 0 Å². The summed E-state index contributed by atoms with van der Waals surface area (Å²) in [6.07, 6.45) is 2.64. The summed E-state index contributed by atoms with van der Waals surface area (Å²) in [7, 11) is 2.19. The van der Waals surface area contributed by atoms with E-state index in [1.54, 1.807) is 0 Å². The van der Waals surface area contributed by atoms with Crippen molar-refractivity contribution in [2.75, 3.05) is 25.5 Å². The fourth-order valence-electron chi connectivity index (χ4n) is 3.28.